The molecule has 0 fully saturated rings. The number of nitrogens with one attached hydrogen (secondary N) is 1. The summed E-state index contributed by atoms with van der Waals surface area (Å²) in [5.74, 6) is 1.42. The maximum Gasteiger partial charge on any atom is 0.252 e. The zero-order valence-corrected chi connectivity index (χ0v) is 17.6. The minimum Gasteiger partial charge on any atom is -0.349 e. The smallest absolute Gasteiger partial charge is 0.252 e. The fourth-order valence-corrected chi connectivity index (χ4v) is 4.41. The first-order valence-corrected chi connectivity index (χ1v) is 10.5. The lowest BCUT2D eigenvalue weighted by atomic mass is 9.92. The SMILES string of the molecule is Cc1nc2ncnn2c(C)c1CCC(=O)N[C@@H]1CCCc2c1cnn2-c1ccccn1. The zero-order chi connectivity index (χ0) is 21.4. The van der Waals surface area contributed by atoms with E-state index >= 15 is 0 Å². The number of pyridine rings is 1. The van der Waals surface area contributed by atoms with Crippen molar-refractivity contribution in [2.45, 2.75) is 52.0 Å². The Bertz CT molecular complexity index is 1240. The van der Waals surface area contributed by atoms with Crippen molar-refractivity contribution < 1.29 is 4.79 Å². The van der Waals surface area contributed by atoms with Crippen molar-refractivity contribution in [3.63, 3.8) is 0 Å². The van der Waals surface area contributed by atoms with Crippen LogP contribution >= 0.6 is 0 Å². The quantitative estimate of drug-likeness (QED) is 0.536. The van der Waals surface area contributed by atoms with Crippen molar-refractivity contribution in [2.75, 3.05) is 0 Å². The number of aryl methyl sites for hydroxylation is 2. The second-order valence-corrected chi connectivity index (χ2v) is 7.89. The number of aromatic nitrogens is 7. The van der Waals surface area contributed by atoms with E-state index in [9.17, 15) is 4.79 Å². The van der Waals surface area contributed by atoms with Gasteiger partial charge in [-0.1, -0.05) is 6.07 Å². The summed E-state index contributed by atoms with van der Waals surface area (Å²) in [5.41, 5.74) is 5.12. The van der Waals surface area contributed by atoms with E-state index in [0.29, 0.717) is 18.6 Å². The second kappa shape index (κ2) is 7.90. The average Bonchev–Trinajstić information content (AvgIpc) is 3.42. The van der Waals surface area contributed by atoms with Crippen LogP contribution in [0.25, 0.3) is 11.6 Å². The largest absolute Gasteiger partial charge is 0.349 e. The highest BCUT2D eigenvalue weighted by Gasteiger charge is 2.26. The van der Waals surface area contributed by atoms with E-state index in [2.05, 4.69) is 30.5 Å². The van der Waals surface area contributed by atoms with Crippen molar-refractivity contribution in [1.82, 2.24) is 39.7 Å². The van der Waals surface area contributed by atoms with Crippen LogP contribution in [0, 0.1) is 13.8 Å². The van der Waals surface area contributed by atoms with Gasteiger partial charge in [0.1, 0.15) is 6.33 Å². The molecule has 1 atom stereocenters. The molecule has 1 amide bonds. The van der Waals surface area contributed by atoms with Gasteiger partial charge in [0.05, 0.1) is 17.9 Å². The van der Waals surface area contributed by atoms with Gasteiger partial charge >= 0.3 is 0 Å². The van der Waals surface area contributed by atoms with Gasteiger partial charge in [-0.05, 0) is 57.2 Å². The molecule has 9 nitrogen and oxygen atoms in total. The molecular formula is C22H24N8O. The molecular weight excluding hydrogens is 392 g/mol. The van der Waals surface area contributed by atoms with Gasteiger partial charge in [0.25, 0.3) is 5.78 Å². The van der Waals surface area contributed by atoms with Crippen molar-refractivity contribution in [3.8, 4) is 5.82 Å². The lowest BCUT2D eigenvalue weighted by Gasteiger charge is -2.24. The maximum atomic E-state index is 12.8. The predicted octanol–water partition coefficient (Wildman–Crippen LogP) is 2.45. The molecule has 0 saturated carbocycles. The standard InChI is InChI=1S/C22H24N8O/c1-14-16(15(2)29-22(27-14)24-13-26-29)9-10-21(31)28-18-6-5-7-19-17(18)12-25-30(19)20-8-3-4-11-23-20/h3-4,8,11-13,18H,5-7,9-10H2,1-2H3,(H,28,31)/t18-/m1/s1. The van der Waals surface area contributed by atoms with Crippen LogP contribution < -0.4 is 5.32 Å². The highest BCUT2D eigenvalue weighted by atomic mass is 16.1. The summed E-state index contributed by atoms with van der Waals surface area (Å²) in [6.45, 7) is 3.94. The minimum absolute atomic E-state index is 0.0215. The topological polar surface area (TPSA) is 103 Å². The average molecular weight is 416 g/mol. The molecule has 1 aliphatic carbocycles. The normalized spacial score (nSPS) is 15.7. The Kier molecular flexibility index (Phi) is 4.93. The molecule has 0 aromatic carbocycles. The van der Waals surface area contributed by atoms with E-state index < -0.39 is 0 Å². The number of amides is 1. The molecule has 4 aromatic rings. The summed E-state index contributed by atoms with van der Waals surface area (Å²) in [7, 11) is 0. The maximum absolute atomic E-state index is 12.8. The van der Waals surface area contributed by atoms with Crippen LogP contribution in [0.2, 0.25) is 0 Å². The van der Waals surface area contributed by atoms with Gasteiger partial charge in [0.15, 0.2) is 5.82 Å². The van der Waals surface area contributed by atoms with E-state index in [-0.39, 0.29) is 11.9 Å². The molecule has 0 unspecified atom stereocenters. The summed E-state index contributed by atoms with van der Waals surface area (Å²) in [4.78, 5) is 25.9. The van der Waals surface area contributed by atoms with Crippen molar-refractivity contribution >= 4 is 11.7 Å². The monoisotopic (exact) mass is 416 g/mol. The van der Waals surface area contributed by atoms with E-state index in [4.69, 9.17) is 0 Å². The van der Waals surface area contributed by atoms with Crippen LogP contribution in [0.4, 0.5) is 0 Å². The number of hydrogen-bond donors (Lipinski definition) is 1. The molecule has 1 N–H and O–H groups in total. The molecule has 158 valence electrons. The first-order chi connectivity index (χ1) is 15.1. The highest BCUT2D eigenvalue weighted by Crippen LogP contribution is 2.30. The molecule has 4 aromatic heterocycles. The van der Waals surface area contributed by atoms with Crippen LogP contribution in [0.1, 0.15) is 53.5 Å². The summed E-state index contributed by atoms with van der Waals surface area (Å²) in [5, 5.41) is 12.0. The van der Waals surface area contributed by atoms with Gasteiger partial charge in [-0.15, -0.1) is 0 Å². The Hall–Kier alpha value is -3.62. The summed E-state index contributed by atoms with van der Waals surface area (Å²) < 4.78 is 3.61. The van der Waals surface area contributed by atoms with E-state index in [1.807, 2.05) is 42.9 Å². The number of hydrogen-bond acceptors (Lipinski definition) is 6. The number of carbonyl (C=O) groups excluding carboxylic acids is 1. The first kappa shape index (κ1) is 19.3. The van der Waals surface area contributed by atoms with Crippen LogP contribution in [0.15, 0.2) is 36.9 Å². The van der Waals surface area contributed by atoms with Crippen LogP contribution in [0.5, 0.6) is 0 Å². The number of carbonyl (C=O) groups is 1. The molecule has 5 rings (SSSR count). The third-order valence-corrected chi connectivity index (χ3v) is 5.98. The Balaban J connectivity index is 1.30. The van der Waals surface area contributed by atoms with E-state index in [0.717, 1.165) is 53.3 Å². The molecule has 1 aliphatic rings. The molecule has 0 spiro atoms. The zero-order valence-electron chi connectivity index (χ0n) is 17.6. The van der Waals surface area contributed by atoms with Crippen LogP contribution in [0.3, 0.4) is 0 Å². The fourth-order valence-electron chi connectivity index (χ4n) is 4.41. The molecule has 31 heavy (non-hydrogen) atoms. The molecule has 0 radical (unpaired) electrons. The van der Waals surface area contributed by atoms with Crippen molar-refractivity contribution in [2.24, 2.45) is 0 Å². The summed E-state index contributed by atoms with van der Waals surface area (Å²) in [6.07, 6.45) is 8.98. The van der Waals surface area contributed by atoms with E-state index in [1.54, 1.807) is 10.7 Å². The van der Waals surface area contributed by atoms with E-state index in [1.165, 1.54) is 6.33 Å². The predicted molar refractivity (Wildman–Crippen MR) is 114 cm³/mol. The van der Waals surface area contributed by atoms with Gasteiger partial charge in [-0.25, -0.2) is 19.2 Å². The Morgan fingerprint density at radius 1 is 1.23 bits per heavy atom. The van der Waals surface area contributed by atoms with Gasteiger partial charge in [0, 0.05) is 29.6 Å². The third-order valence-electron chi connectivity index (χ3n) is 5.98. The fraction of sp³-hybridized carbons (Fsp3) is 0.364. The summed E-state index contributed by atoms with van der Waals surface area (Å²) in [6, 6.07) is 5.77. The Morgan fingerprint density at radius 2 is 2.13 bits per heavy atom. The van der Waals surface area contributed by atoms with Crippen molar-refractivity contribution in [1.29, 1.82) is 0 Å². The molecule has 0 saturated heterocycles. The lowest BCUT2D eigenvalue weighted by Crippen LogP contribution is -2.31. The number of nitrogens with zero attached hydrogens (tertiary/aromatic N) is 7. The number of fused-ring (bicyclic) bond motifs is 2. The first-order valence-electron chi connectivity index (χ1n) is 10.5. The van der Waals surface area contributed by atoms with Crippen molar-refractivity contribution in [3.05, 3.63) is 65.1 Å². The Morgan fingerprint density at radius 3 is 2.97 bits per heavy atom. The van der Waals surface area contributed by atoms with Gasteiger partial charge < -0.3 is 5.32 Å². The van der Waals surface area contributed by atoms with Crippen LogP contribution in [-0.4, -0.2) is 40.3 Å². The van der Waals surface area contributed by atoms with Crippen LogP contribution in [-0.2, 0) is 17.6 Å². The number of rotatable bonds is 5. The highest BCUT2D eigenvalue weighted by molar-refractivity contribution is 5.77. The second-order valence-electron chi connectivity index (χ2n) is 7.89. The Labute approximate surface area is 179 Å². The molecule has 0 aliphatic heterocycles. The third kappa shape index (κ3) is 3.56. The lowest BCUT2D eigenvalue weighted by molar-refractivity contribution is -0.121. The van der Waals surface area contributed by atoms with Gasteiger partial charge in [-0.3, -0.25) is 4.79 Å². The molecule has 0 bridgehead atoms. The minimum atomic E-state index is -0.0215. The molecule has 4 heterocycles. The molecule has 9 heteroatoms. The summed E-state index contributed by atoms with van der Waals surface area (Å²) >= 11 is 0. The van der Waals surface area contributed by atoms with Gasteiger partial charge in [-0.2, -0.15) is 15.2 Å². The van der Waals surface area contributed by atoms with Gasteiger partial charge in [0.2, 0.25) is 5.91 Å².